The molecular formula is C21H18F3NO6. The lowest BCUT2D eigenvalue weighted by Gasteiger charge is -2.32. The summed E-state index contributed by atoms with van der Waals surface area (Å²) in [4.78, 5) is 25.7. The highest BCUT2D eigenvalue weighted by atomic mass is 19.4. The lowest BCUT2D eigenvalue weighted by molar-refractivity contribution is -0.140. The van der Waals surface area contributed by atoms with Crippen LogP contribution in [-0.4, -0.2) is 39.5 Å². The van der Waals surface area contributed by atoms with Crippen LogP contribution in [-0.2, 0) is 30.0 Å². The van der Waals surface area contributed by atoms with Gasteiger partial charge in [0.15, 0.2) is 5.75 Å². The van der Waals surface area contributed by atoms with Gasteiger partial charge in [-0.15, -0.1) is 0 Å². The van der Waals surface area contributed by atoms with Crippen LogP contribution in [0.2, 0.25) is 0 Å². The van der Waals surface area contributed by atoms with Crippen molar-refractivity contribution in [2.75, 3.05) is 32.5 Å². The van der Waals surface area contributed by atoms with Crippen LogP contribution in [0.3, 0.4) is 0 Å². The number of halogens is 3. The molecule has 31 heavy (non-hydrogen) atoms. The molecule has 1 aliphatic heterocycles. The first kappa shape index (κ1) is 22.2. The van der Waals surface area contributed by atoms with Gasteiger partial charge in [0.25, 0.3) is 0 Å². The fraction of sp³-hybridized carbons (Fsp3) is 0.238. The van der Waals surface area contributed by atoms with E-state index in [0.29, 0.717) is 5.75 Å². The lowest BCUT2D eigenvalue weighted by atomic mass is 10.1. The van der Waals surface area contributed by atoms with Crippen LogP contribution < -0.4 is 9.64 Å². The molecule has 0 unspecified atom stereocenters. The summed E-state index contributed by atoms with van der Waals surface area (Å²) in [6.07, 6.45) is -4.66. The van der Waals surface area contributed by atoms with Crippen molar-refractivity contribution < 1.29 is 41.7 Å². The van der Waals surface area contributed by atoms with Crippen molar-refractivity contribution in [3.05, 3.63) is 65.4 Å². The summed E-state index contributed by atoms with van der Waals surface area (Å²) < 4.78 is 60.8. The van der Waals surface area contributed by atoms with Gasteiger partial charge in [0.1, 0.15) is 18.2 Å². The minimum atomic E-state index is -4.66. The summed E-state index contributed by atoms with van der Waals surface area (Å²) in [7, 11) is 2.20. The number of para-hydroxylation sites is 1. The maximum atomic E-state index is 13.4. The fourth-order valence-corrected chi connectivity index (χ4v) is 2.94. The van der Waals surface area contributed by atoms with E-state index in [1.165, 1.54) is 0 Å². The van der Waals surface area contributed by atoms with E-state index in [4.69, 9.17) is 14.2 Å². The van der Waals surface area contributed by atoms with Gasteiger partial charge in [-0.3, -0.25) is 0 Å². The summed E-state index contributed by atoms with van der Waals surface area (Å²) in [5.41, 5.74) is -1.60. The van der Waals surface area contributed by atoms with Crippen LogP contribution in [0.25, 0.3) is 0 Å². The van der Waals surface area contributed by atoms with Gasteiger partial charge >= 0.3 is 18.1 Å². The average Bonchev–Trinajstić information content (AvgIpc) is 2.77. The highest BCUT2D eigenvalue weighted by Crippen LogP contribution is 2.41. The Hall–Kier alpha value is -3.53. The van der Waals surface area contributed by atoms with Crippen molar-refractivity contribution in [2.24, 2.45) is 0 Å². The van der Waals surface area contributed by atoms with E-state index in [0.717, 1.165) is 37.3 Å². The second-order valence-electron chi connectivity index (χ2n) is 6.31. The van der Waals surface area contributed by atoms with Crippen LogP contribution in [0, 0.1) is 0 Å². The molecule has 0 N–H and O–H groups in total. The summed E-state index contributed by atoms with van der Waals surface area (Å²) in [5.74, 6) is -1.44. The van der Waals surface area contributed by atoms with Crippen LogP contribution in [0.4, 0.5) is 18.9 Å². The third kappa shape index (κ3) is 4.80. The van der Waals surface area contributed by atoms with E-state index < -0.39 is 23.7 Å². The maximum absolute atomic E-state index is 13.4. The predicted octanol–water partition coefficient (Wildman–Crippen LogP) is 3.89. The second kappa shape index (κ2) is 9.09. The van der Waals surface area contributed by atoms with Crippen molar-refractivity contribution in [3.8, 4) is 11.5 Å². The number of benzene rings is 2. The zero-order valence-corrected chi connectivity index (χ0v) is 16.6. The summed E-state index contributed by atoms with van der Waals surface area (Å²) >= 11 is 0. The number of carbonyl (C=O) groups is 2. The van der Waals surface area contributed by atoms with Crippen molar-refractivity contribution in [1.82, 2.24) is 0 Å². The van der Waals surface area contributed by atoms with E-state index in [-0.39, 0.29) is 36.0 Å². The molecule has 0 bridgehead atoms. The second-order valence-corrected chi connectivity index (χ2v) is 6.31. The van der Waals surface area contributed by atoms with Gasteiger partial charge in [0.05, 0.1) is 37.7 Å². The third-order valence-electron chi connectivity index (χ3n) is 4.38. The Balaban J connectivity index is 2.19. The minimum absolute atomic E-state index is 0.00955. The van der Waals surface area contributed by atoms with E-state index >= 15 is 0 Å². The Kier molecular flexibility index (Phi) is 6.50. The van der Waals surface area contributed by atoms with Crippen molar-refractivity contribution in [2.45, 2.75) is 6.18 Å². The van der Waals surface area contributed by atoms with Crippen molar-refractivity contribution >= 4 is 17.6 Å². The Morgan fingerprint density at radius 3 is 2.29 bits per heavy atom. The molecule has 0 spiro atoms. The number of methoxy groups -OCH3 is 2. The first-order valence-corrected chi connectivity index (χ1v) is 8.95. The molecule has 3 rings (SSSR count). The molecule has 0 amide bonds. The Bertz CT molecular complexity index is 1000. The first-order valence-electron chi connectivity index (χ1n) is 8.95. The number of anilines is 1. The number of carbonyl (C=O) groups excluding carboxylic acids is 2. The molecule has 0 aromatic heterocycles. The summed E-state index contributed by atoms with van der Waals surface area (Å²) in [6, 6.07) is 11.2. The van der Waals surface area contributed by atoms with E-state index in [1.54, 1.807) is 30.3 Å². The van der Waals surface area contributed by atoms with Gasteiger partial charge < -0.3 is 23.8 Å². The molecule has 0 saturated heterocycles. The number of rotatable bonds is 5. The predicted molar refractivity (Wildman–Crippen MR) is 102 cm³/mol. The number of esters is 2. The number of alkyl halides is 3. The quantitative estimate of drug-likeness (QED) is 0.657. The number of hydrogen-bond acceptors (Lipinski definition) is 7. The van der Waals surface area contributed by atoms with Gasteiger partial charge in [-0.05, 0) is 30.3 Å². The average molecular weight is 437 g/mol. The monoisotopic (exact) mass is 437 g/mol. The summed E-state index contributed by atoms with van der Waals surface area (Å²) in [5, 5.41) is 0. The van der Waals surface area contributed by atoms with Crippen LogP contribution >= 0.6 is 0 Å². The molecule has 2 aromatic rings. The fourth-order valence-electron chi connectivity index (χ4n) is 2.94. The molecule has 164 valence electrons. The van der Waals surface area contributed by atoms with Gasteiger partial charge in [-0.1, -0.05) is 18.2 Å². The maximum Gasteiger partial charge on any atom is 0.416 e. The molecule has 7 nitrogen and oxygen atoms in total. The molecule has 2 aromatic carbocycles. The Morgan fingerprint density at radius 2 is 1.68 bits per heavy atom. The topological polar surface area (TPSA) is 74.3 Å². The van der Waals surface area contributed by atoms with E-state index in [2.05, 4.69) is 4.74 Å². The Labute approximate surface area is 175 Å². The van der Waals surface area contributed by atoms with Gasteiger partial charge in [0, 0.05) is 0 Å². The molecule has 0 radical (unpaired) electrons. The van der Waals surface area contributed by atoms with Gasteiger partial charge in [0.2, 0.25) is 0 Å². The summed E-state index contributed by atoms with van der Waals surface area (Å²) in [6.45, 7) is -0.598. The lowest BCUT2D eigenvalue weighted by Crippen LogP contribution is -2.39. The van der Waals surface area contributed by atoms with Gasteiger partial charge in [-0.2, -0.15) is 13.2 Å². The van der Waals surface area contributed by atoms with Crippen LogP contribution in [0.1, 0.15) is 5.56 Å². The first-order chi connectivity index (χ1) is 14.8. The minimum Gasteiger partial charge on any atom is -0.466 e. The normalized spacial score (nSPS) is 14.3. The molecule has 0 saturated carbocycles. The highest BCUT2D eigenvalue weighted by molar-refractivity contribution is 6.03. The standard InChI is InChI=1S/C21H18F3NO6/c1-28-19(26)15-11-30-12-25(18(15)20(27)29-2)16-10-13(21(22,23)24)8-9-17(16)31-14-6-4-3-5-7-14/h3-10H,11-12H2,1-2H3. The smallest absolute Gasteiger partial charge is 0.416 e. The molecule has 0 aliphatic carbocycles. The largest absolute Gasteiger partial charge is 0.466 e. The number of hydrogen-bond donors (Lipinski definition) is 0. The molecule has 10 heteroatoms. The van der Waals surface area contributed by atoms with Crippen molar-refractivity contribution in [1.29, 1.82) is 0 Å². The van der Waals surface area contributed by atoms with E-state index in [9.17, 15) is 22.8 Å². The zero-order valence-electron chi connectivity index (χ0n) is 16.6. The molecule has 0 fully saturated rings. The van der Waals surface area contributed by atoms with E-state index in [1.807, 2.05) is 0 Å². The van der Waals surface area contributed by atoms with Gasteiger partial charge in [-0.25, -0.2) is 9.59 Å². The molecule has 0 atom stereocenters. The SMILES string of the molecule is COC(=O)C1=C(C(=O)OC)N(c2cc(C(F)(F)F)ccc2Oc2ccccc2)COC1. The van der Waals surface area contributed by atoms with Crippen LogP contribution in [0.5, 0.6) is 11.5 Å². The third-order valence-corrected chi connectivity index (χ3v) is 4.38. The highest BCUT2D eigenvalue weighted by Gasteiger charge is 2.36. The van der Waals surface area contributed by atoms with Crippen molar-refractivity contribution in [3.63, 3.8) is 0 Å². The zero-order chi connectivity index (χ0) is 22.6. The molecule has 1 aliphatic rings. The molecular weight excluding hydrogens is 419 g/mol. The molecule has 1 heterocycles. The van der Waals surface area contributed by atoms with Crippen LogP contribution in [0.15, 0.2) is 59.8 Å². The number of nitrogens with zero attached hydrogens (tertiary/aromatic N) is 1. The Morgan fingerprint density at radius 1 is 1.00 bits per heavy atom. The number of ether oxygens (including phenoxy) is 4.